The Hall–Kier alpha value is -1.26. The van der Waals surface area contributed by atoms with Crippen LogP contribution in [0, 0.1) is 0 Å². The maximum Gasteiger partial charge on any atom is 0.260 e. The fourth-order valence-electron chi connectivity index (χ4n) is 2.29. The van der Waals surface area contributed by atoms with Crippen molar-refractivity contribution < 1.29 is 9.53 Å². The van der Waals surface area contributed by atoms with Gasteiger partial charge in [0.05, 0.1) is 0 Å². The topological polar surface area (TPSA) is 41.6 Å². The second-order valence-corrected chi connectivity index (χ2v) is 6.16. The predicted octanol–water partition coefficient (Wildman–Crippen LogP) is 2.32. The van der Waals surface area contributed by atoms with Crippen LogP contribution in [0.3, 0.4) is 0 Å². The highest BCUT2D eigenvalue weighted by atomic mass is 35.5. The monoisotopic (exact) mass is 296 g/mol. The molecular weight excluding hydrogens is 276 g/mol. The van der Waals surface area contributed by atoms with Gasteiger partial charge in [-0.1, -0.05) is 11.6 Å². The molecule has 110 valence electrons. The second-order valence-electron chi connectivity index (χ2n) is 5.72. The van der Waals surface area contributed by atoms with Gasteiger partial charge < -0.3 is 15.0 Å². The molecule has 4 nitrogen and oxygen atoms in total. The van der Waals surface area contributed by atoms with E-state index in [0.717, 1.165) is 19.5 Å². The molecule has 1 saturated heterocycles. The molecule has 0 radical (unpaired) electrons. The number of benzene rings is 1. The largest absolute Gasteiger partial charge is 0.484 e. The Morgan fingerprint density at radius 2 is 2.10 bits per heavy atom. The quantitative estimate of drug-likeness (QED) is 0.931. The maximum atomic E-state index is 12.2. The highest BCUT2D eigenvalue weighted by Gasteiger charge is 2.26. The molecule has 1 heterocycles. The number of carbonyl (C=O) groups is 1. The second kappa shape index (κ2) is 6.46. The molecule has 1 aromatic carbocycles. The highest BCUT2D eigenvalue weighted by molar-refractivity contribution is 6.30. The molecule has 2 rings (SSSR count). The van der Waals surface area contributed by atoms with E-state index < -0.39 is 0 Å². The van der Waals surface area contributed by atoms with E-state index in [9.17, 15) is 4.79 Å². The zero-order chi connectivity index (χ0) is 14.6. The summed E-state index contributed by atoms with van der Waals surface area (Å²) < 4.78 is 5.51. The fraction of sp³-hybridized carbons (Fsp3) is 0.533. The third-order valence-electron chi connectivity index (χ3n) is 3.32. The van der Waals surface area contributed by atoms with E-state index in [1.54, 1.807) is 24.3 Å². The number of halogens is 1. The van der Waals surface area contributed by atoms with Gasteiger partial charge in [-0.3, -0.25) is 4.79 Å². The summed E-state index contributed by atoms with van der Waals surface area (Å²) in [5, 5.41) is 4.09. The first-order chi connectivity index (χ1) is 9.46. The first kappa shape index (κ1) is 15.1. The number of hydrogen-bond acceptors (Lipinski definition) is 3. The summed E-state index contributed by atoms with van der Waals surface area (Å²) in [6.07, 6.45) is 0.968. The van der Waals surface area contributed by atoms with Crippen molar-refractivity contribution in [1.82, 2.24) is 10.2 Å². The van der Waals surface area contributed by atoms with Gasteiger partial charge in [0.1, 0.15) is 5.75 Å². The fourth-order valence-corrected chi connectivity index (χ4v) is 2.41. The Morgan fingerprint density at radius 1 is 1.40 bits per heavy atom. The van der Waals surface area contributed by atoms with Gasteiger partial charge in [0.15, 0.2) is 6.61 Å². The maximum absolute atomic E-state index is 12.2. The Labute approximate surface area is 125 Å². The van der Waals surface area contributed by atoms with Crippen LogP contribution in [0.1, 0.15) is 20.3 Å². The summed E-state index contributed by atoms with van der Waals surface area (Å²) in [6.45, 7) is 6.71. The van der Waals surface area contributed by atoms with Gasteiger partial charge >= 0.3 is 0 Å². The molecule has 20 heavy (non-hydrogen) atoms. The number of ether oxygens (including phenoxy) is 1. The lowest BCUT2D eigenvalue weighted by Gasteiger charge is -2.30. The number of carbonyl (C=O) groups excluding carboxylic acids is 1. The third-order valence-corrected chi connectivity index (χ3v) is 3.58. The third kappa shape index (κ3) is 4.39. The van der Waals surface area contributed by atoms with Gasteiger partial charge in [-0.25, -0.2) is 0 Å². The Kier molecular flexibility index (Phi) is 4.89. The molecule has 0 spiro atoms. The van der Waals surface area contributed by atoms with E-state index in [-0.39, 0.29) is 18.1 Å². The van der Waals surface area contributed by atoms with Crippen LogP contribution in [0.4, 0.5) is 0 Å². The van der Waals surface area contributed by atoms with Crippen LogP contribution in [0.25, 0.3) is 0 Å². The summed E-state index contributed by atoms with van der Waals surface area (Å²) in [7, 11) is 0. The van der Waals surface area contributed by atoms with Gasteiger partial charge in [0.25, 0.3) is 5.91 Å². The van der Waals surface area contributed by atoms with Crippen molar-refractivity contribution in [3.63, 3.8) is 0 Å². The van der Waals surface area contributed by atoms with Crippen molar-refractivity contribution in [2.75, 3.05) is 26.2 Å². The molecule has 5 heteroatoms. The van der Waals surface area contributed by atoms with E-state index in [2.05, 4.69) is 19.2 Å². The molecule has 0 unspecified atom stereocenters. The van der Waals surface area contributed by atoms with E-state index >= 15 is 0 Å². The normalized spacial score (nSPS) is 18.4. The number of amides is 1. The van der Waals surface area contributed by atoms with Crippen molar-refractivity contribution in [3.8, 4) is 5.75 Å². The van der Waals surface area contributed by atoms with Crippen LogP contribution in [-0.2, 0) is 4.79 Å². The zero-order valence-electron chi connectivity index (χ0n) is 12.0. The van der Waals surface area contributed by atoms with Gasteiger partial charge in [-0.2, -0.15) is 0 Å². The predicted molar refractivity (Wildman–Crippen MR) is 80.2 cm³/mol. The molecule has 1 fully saturated rings. The molecule has 1 aliphatic heterocycles. The molecule has 1 amide bonds. The molecule has 0 bridgehead atoms. The lowest BCUT2D eigenvalue weighted by Crippen LogP contribution is -2.48. The average molecular weight is 297 g/mol. The molecule has 0 aromatic heterocycles. The molecular formula is C15H21ClN2O2. The minimum atomic E-state index is -0.0492. The lowest BCUT2D eigenvalue weighted by atomic mass is 10.1. The molecule has 1 N–H and O–H groups in total. The van der Waals surface area contributed by atoms with Gasteiger partial charge in [0, 0.05) is 23.7 Å². The molecule has 1 aliphatic rings. The van der Waals surface area contributed by atoms with Gasteiger partial charge in [-0.15, -0.1) is 0 Å². The van der Waals surface area contributed by atoms with E-state index in [1.807, 2.05) is 4.90 Å². The minimum Gasteiger partial charge on any atom is -0.484 e. The van der Waals surface area contributed by atoms with Gasteiger partial charge in [-0.05, 0) is 51.1 Å². The van der Waals surface area contributed by atoms with Crippen LogP contribution in [-0.4, -0.2) is 42.6 Å². The SMILES string of the molecule is CC1(C)CN(C(=O)COc2ccc(Cl)cc2)CCCN1. The number of rotatable bonds is 3. The first-order valence-corrected chi connectivity index (χ1v) is 7.25. The smallest absolute Gasteiger partial charge is 0.260 e. The molecule has 0 saturated carbocycles. The standard InChI is InChI=1S/C15H21ClN2O2/c1-15(2)11-18(9-3-8-17-15)14(19)10-20-13-6-4-12(16)5-7-13/h4-7,17H,3,8-11H2,1-2H3. The number of nitrogens with zero attached hydrogens (tertiary/aromatic N) is 1. The molecule has 0 atom stereocenters. The van der Waals surface area contributed by atoms with Crippen molar-refractivity contribution >= 4 is 17.5 Å². The van der Waals surface area contributed by atoms with E-state index in [4.69, 9.17) is 16.3 Å². The summed E-state index contributed by atoms with van der Waals surface area (Å²) in [6, 6.07) is 7.04. The van der Waals surface area contributed by atoms with Crippen molar-refractivity contribution in [2.24, 2.45) is 0 Å². The van der Waals surface area contributed by atoms with Crippen LogP contribution in [0.5, 0.6) is 5.75 Å². The summed E-state index contributed by atoms with van der Waals surface area (Å²) in [4.78, 5) is 14.1. The average Bonchev–Trinajstić information content (AvgIpc) is 2.58. The number of hydrogen-bond donors (Lipinski definition) is 1. The van der Waals surface area contributed by atoms with Crippen molar-refractivity contribution in [1.29, 1.82) is 0 Å². The minimum absolute atomic E-state index is 0.0247. The van der Waals surface area contributed by atoms with Crippen LogP contribution in [0.15, 0.2) is 24.3 Å². The Morgan fingerprint density at radius 3 is 2.80 bits per heavy atom. The van der Waals surface area contributed by atoms with Gasteiger partial charge in [0.2, 0.25) is 0 Å². The van der Waals surface area contributed by atoms with Crippen molar-refractivity contribution in [2.45, 2.75) is 25.8 Å². The summed E-state index contributed by atoms with van der Waals surface area (Å²) >= 11 is 5.81. The molecule has 0 aliphatic carbocycles. The number of nitrogens with one attached hydrogen (secondary N) is 1. The summed E-state index contributed by atoms with van der Waals surface area (Å²) in [5.74, 6) is 0.687. The first-order valence-electron chi connectivity index (χ1n) is 6.87. The van der Waals surface area contributed by atoms with Crippen molar-refractivity contribution in [3.05, 3.63) is 29.3 Å². The van der Waals surface area contributed by atoms with Crippen LogP contribution < -0.4 is 10.1 Å². The zero-order valence-corrected chi connectivity index (χ0v) is 12.7. The summed E-state index contributed by atoms with van der Waals surface area (Å²) in [5.41, 5.74) is -0.0492. The molecule has 1 aromatic rings. The van der Waals surface area contributed by atoms with Crippen LogP contribution >= 0.6 is 11.6 Å². The highest BCUT2D eigenvalue weighted by Crippen LogP contribution is 2.16. The van der Waals surface area contributed by atoms with E-state index in [0.29, 0.717) is 17.3 Å². The lowest BCUT2D eigenvalue weighted by molar-refractivity contribution is -0.133. The van der Waals surface area contributed by atoms with Crippen LogP contribution in [0.2, 0.25) is 5.02 Å². The van der Waals surface area contributed by atoms with E-state index in [1.165, 1.54) is 0 Å². The Balaban J connectivity index is 1.89. The Bertz CT molecular complexity index is 459.